The minimum absolute atomic E-state index is 0. The van der Waals surface area contributed by atoms with Crippen molar-refractivity contribution >= 4 is 16.6 Å². The van der Waals surface area contributed by atoms with Crippen molar-refractivity contribution in [3.05, 3.63) is 126 Å². The van der Waals surface area contributed by atoms with Crippen molar-refractivity contribution in [1.82, 2.24) is 4.98 Å². The van der Waals surface area contributed by atoms with Crippen molar-refractivity contribution in [2.75, 3.05) is 0 Å². The van der Waals surface area contributed by atoms with Crippen molar-refractivity contribution in [1.29, 1.82) is 0 Å². The zero-order valence-electron chi connectivity index (χ0n) is 31.7. The van der Waals surface area contributed by atoms with E-state index < -0.39 is 0 Å². The molecule has 51 heavy (non-hydrogen) atoms. The summed E-state index contributed by atoms with van der Waals surface area (Å²) in [5.41, 5.74) is 10.8. The van der Waals surface area contributed by atoms with E-state index in [2.05, 4.69) is 111 Å². The summed E-state index contributed by atoms with van der Waals surface area (Å²) < 4.78 is 0. The van der Waals surface area contributed by atoms with Gasteiger partial charge in [-0.25, -0.2) is 0 Å². The fourth-order valence-electron chi connectivity index (χ4n) is 6.78. The van der Waals surface area contributed by atoms with Gasteiger partial charge in [0.2, 0.25) is 0 Å². The number of ketones is 1. The van der Waals surface area contributed by atoms with Crippen LogP contribution in [-0.2, 0) is 37.7 Å². The minimum Gasteiger partial charge on any atom is -0.512 e. The molecule has 5 aromatic rings. The van der Waals surface area contributed by atoms with Crippen molar-refractivity contribution in [3.8, 4) is 33.5 Å². The molecule has 0 bridgehead atoms. The second kappa shape index (κ2) is 17.1. The Morgan fingerprint density at radius 3 is 2.06 bits per heavy atom. The molecule has 0 amide bonds. The number of aromatic nitrogens is 1. The van der Waals surface area contributed by atoms with Crippen LogP contribution in [0.5, 0.6) is 0 Å². The van der Waals surface area contributed by atoms with Crippen LogP contribution in [0.2, 0.25) is 0 Å². The van der Waals surface area contributed by atoms with Gasteiger partial charge in [-0.2, -0.15) is 0 Å². The summed E-state index contributed by atoms with van der Waals surface area (Å²) in [7, 11) is 0. The average Bonchev–Trinajstić information content (AvgIpc) is 3.16. The molecule has 1 N–H and O–H groups in total. The number of aliphatic hydroxyl groups excluding tert-OH is 1. The first-order chi connectivity index (χ1) is 24.0. The van der Waals surface area contributed by atoms with Gasteiger partial charge in [0.1, 0.15) is 5.76 Å². The van der Waals surface area contributed by atoms with Crippen molar-refractivity contribution in [3.63, 3.8) is 0 Å². The van der Waals surface area contributed by atoms with Gasteiger partial charge in [-0.1, -0.05) is 139 Å². The molecule has 0 saturated heterocycles. The van der Waals surface area contributed by atoms with E-state index in [9.17, 15) is 9.90 Å². The van der Waals surface area contributed by atoms with Crippen LogP contribution in [0.25, 0.3) is 44.3 Å². The molecule has 4 heteroatoms. The third-order valence-electron chi connectivity index (χ3n) is 11.5. The summed E-state index contributed by atoms with van der Waals surface area (Å²) in [6.45, 7) is 16.6. The van der Waals surface area contributed by atoms with Crippen LogP contribution in [0.15, 0.2) is 103 Å². The Hall–Kier alpha value is -3.85. The number of hydrogen-bond acceptors (Lipinski definition) is 3. The molecule has 1 heterocycles. The van der Waals surface area contributed by atoms with Crippen LogP contribution in [0.3, 0.4) is 0 Å². The number of aliphatic hydroxyl groups is 1. The van der Waals surface area contributed by atoms with Gasteiger partial charge in [-0.05, 0) is 77.8 Å². The molecule has 0 saturated carbocycles. The summed E-state index contributed by atoms with van der Waals surface area (Å²) >= 11 is 0. The van der Waals surface area contributed by atoms with Gasteiger partial charge in [0.05, 0.1) is 0 Å². The van der Waals surface area contributed by atoms with E-state index >= 15 is 0 Å². The van der Waals surface area contributed by atoms with Crippen LogP contribution >= 0.6 is 0 Å². The first kappa shape index (κ1) is 39.9. The quantitative estimate of drug-likeness (QED) is 0.0865. The summed E-state index contributed by atoms with van der Waals surface area (Å²) in [5.74, 6) is 0.728. The van der Waals surface area contributed by atoms with E-state index in [1.165, 1.54) is 50.4 Å². The molecule has 1 aromatic heterocycles. The maximum absolute atomic E-state index is 12.2. The normalized spacial score (nSPS) is 12.8. The molecule has 0 aliphatic heterocycles. The molecular formula is C47H54IrNO2-. The maximum Gasteiger partial charge on any atom is 0.164 e. The van der Waals surface area contributed by atoms with Crippen LogP contribution in [-0.4, -0.2) is 15.9 Å². The molecule has 1 aliphatic rings. The van der Waals surface area contributed by atoms with E-state index in [1.54, 1.807) is 0 Å². The third kappa shape index (κ3) is 8.62. The summed E-state index contributed by atoms with van der Waals surface area (Å²) in [4.78, 5) is 17.1. The molecule has 1 radical (unpaired) electrons. The Morgan fingerprint density at radius 1 is 0.784 bits per heavy atom. The smallest absolute Gasteiger partial charge is 0.164 e. The zero-order chi connectivity index (χ0) is 36.1. The monoisotopic (exact) mass is 857 g/mol. The van der Waals surface area contributed by atoms with Crippen LogP contribution in [0, 0.1) is 16.9 Å². The predicted molar refractivity (Wildman–Crippen MR) is 211 cm³/mol. The number of aryl methyl sites for hydroxylation is 2. The van der Waals surface area contributed by atoms with E-state index in [4.69, 9.17) is 4.98 Å². The molecule has 0 unspecified atom stereocenters. The molecule has 3 nitrogen and oxygen atoms in total. The number of allylic oxidation sites excluding steroid dienone is 2. The van der Waals surface area contributed by atoms with Gasteiger partial charge in [-0.3, -0.25) is 9.78 Å². The Labute approximate surface area is 320 Å². The second-order valence-corrected chi connectivity index (χ2v) is 14.7. The maximum atomic E-state index is 12.2. The van der Waals surface area contributed by atoms with Crippen LogP contribution < -0.4 is 0 Å². The number of carbonyl (C=O) groups excluding carboxylic acids is 1. The largest absolute Gasteiger partial charge is 0.512 e. The topological polar surface area (TPSA) is 50.2 Å². The Kier molecular flexibility index (Phi) is 13.4. The number of hydrogen-bond donors (Lipinski definition) is 1. The number of benzene rings is 4. The van der Waals surface area contributed by atoms with Crippen molar-refractivity contribution in [2.45, 2.75) is 99.8 Å². The fraction of sp³-hybridized carbons (Fsp3) is 0.362. The number of pyridine rings is 1. The molecule has 0 fully saturated rings. The Morgan fingerprint density at radius 2 is 1.41 bits per heavy atom. The number of rotatable bonds is 10. The van der Waals surface area contributed by atoms with Gasteiger partial charge in [0.15, 0.2) is 5.78 Å². The third-order valence-corrected chi connectivity index (χ3v) is 11.5. The van der Waals surface area contributed by atoms with E-state index in [0.29, 0.717) is 5.92 Å². The zero-order valence-corrected chi connectivity index (χ0v) is 34.1. The Bertz CT molecular complexity index is 1980. The summed E-state index contributed by atoms with van der Waals surface area (Å²) in [6, 6.07) is 34.3. The van der Waals surface area contributed by atoms with Gasteiger partial charge >= 0.3 is 0 Å². The van der Waals surface area contributed by atoms with Crippen molar-refractivity contribution in [2.24, 2.45) is 10.8 Å². The summed E-state index contributed by atoms with van der Waals surface area (Å²) in [5, 5.41) is 12.6. The van der Waals surface area contributed by atoms with Gasteiger partial charge in [0.25, 0.3) is 0 Å². The molecule has 0 atom stereocenters. The molecule has 6 rings (SSSR count). The second-order valence-electron chi connectivity index (χ2n) is 14.7. The first-order valence-electron chi connectivity index (χ1n) is 18.5. The minimum atomic E-state index is -0.337. The molecular weight excluding hydrogens is 803 g/mol. The van der Waals surface area contributed by atoms with Crippen molar-refractivity contribution < 1.29 is 30.0 Å². The first-order valence-corrected chi connectivity index (χ1v) is 18.5. The number of carbonyl (C=O) groups is 1. The average molecular weight is 857 g/mol. The van der Waals surface area contributed by atoms with E-state index in [-0.39, 0.29) is 42.5 Å². The van der Waals surface area contributed by atoms with E-state index in [0.717, 1.165) is 55.2 Å². The predicted octanol–water partition coefficient (Wildman–Crippen LogP) is 12.9. The molecule has 269 valence electrons. The Balaban J connectivity index is 0.000000279. The fourth-order valence-corrected chi connectivity index (χ4v) is 6.78. The van der Waals surface area contributed by atoms with Gasteiger partial charge < -0.3 is 5.11 Å². The van der Waals surface area contributed by atoms with Gasteiger partial charge in [-0.15, -0.1) is 29.1 Å². The summed E-state index contributed by atoms with van der Waals surface area (Å²) in [6.07, 6.45) is 8.93. The number of fused-ring (bicyclic) bond motifs is 4. The van der Waals surface area contributed by atoms with Crippen LogP contribution in [0.1, 0.15) is 104 Å². The SMILES string of the molecule is CC(C)c1cc(-c2cc3c(cn2)CCc2cc(-c4ccccc4)ccc2-3)[c-]c2ccccc12.CCC(C)(CC)C(=O)/C=C(\O)C(C)(CC)CC.[Ir]. The standard InChI is InChI=1S/C32H26N.C15H28O2.Ir/c1-21(2)30-18-27(17-24-10-6-7-11-28(24)30)32-19-31-26(20-33-32)13-12-25-16-23(14-15-29(25)31)22-8-4-3-5-9-22;1-7-14(5,8-2)12(16)11-13(17)15(6,9-3)10-4;/h3-11,14-16,18-21H,12-13H2,1-2H3;11,16H,7-10H2,1-6H3;/q-1;;/b;12-11-;. The van der Waals surface area contributed by atoms with Gasteiger partial charge in [0, 0.05) is 48.9 Å². The molecule has 1 aliphatic carbocycles. The molecule has 4 aromatic carbocycles. The molecule has 0 spiro atoms. The van der Waals surface area contributed by atoms with E-state index in [1.807, 2.05) is 41.5 Å². The number of nitrogens with zero attached hydrogens (tertiary/aromatic N) is 1. The van der Waals surface area contributed by atoms with Crippen LogP contribution in [0.4, 0.5) is 0 Å².